The molecule has 1 N–H and O–H groups in total. The summed E-state index contributed by atoms with van der Waals surface area (Å²) in [5, 5.41) is 3.86. The number of carbonyl (C=O) groups is 2. The highest BCUT2D eigenvalue weighted by molar-refractivity contribution is 6.36. The third-order valence-corrected chi connectivity index (χ3v) is 6.13. The molecule has 0 aromatic heterocycles. The van der Waals surface area contributed by atoms with Crippen LogP contribution in [-0.2, 0) is 16.1 Å². The standard InChI is InChI=1S/C25H32Cl2N2O4/c1-5-17(2)28-25(31)18(3)29(16-21-22(26)8-6-9-23(21)27)24(30)10-7-15-33-20-13-11-19(32-4)12-14-20/h6,8-9,11-14,17-18H,5,7,10,15-16H2,1-4H3,(H,28,31)/t17-,18+/m0/s1. The maximum Gasteiger partial charge on any atom is 0.242 e. The Labute approximate surface area is 206 Å². The van der Waals surface area contributed by atoms with Crippen molar-refractivity contribution >= 4 is 35.0 Å². The number of hydrogen-bond acceptors (Lipinski definition) is 4. The maximum absolute atomic E-state index is 13.2. The number of benzene rings is 2. The summed E-state index contributed by atoms with van der Waals surface area (Å²) in [6, 6.07) is 11.8. The molecule has 33 heavy (non-hydrogen) atoms. The van der Waals surface area contributed by atoms with E-state index in [2.05, 4.69) is 5.32 Å². The van der Waals surface area contributed by atoms with Crippen molar-refractivity contribution in [3.63, 3.8) is 0 Å². The van der Waals surface area contributed by atoms with Gasteiger partial charge in [-0.3, -0.25) is 9.59 Å². The van der Waals surface area contributed by atoms with Gasteiger partial charge in [-0.15, -0.1) is 0 Å². The van der Waals surface area contributed by atoms with E-state index in [0.29, 0.717) is 34.4 Å². The number of nitrogens with one attached hydrogen (secondary N) is 1. The van der Waals surface area contributed by atoms with Crippen LogP contribution in [0.4, 0.5) is 0 Å². The highest BCUT2D eigenvalue weighted by atomic mass is 35.5. The van der Waals surface area contributed by atoms with Crippen LogP contribution in [0.3, 0.4) is 0 Å². The molecule has 2 aromatic carbocycles. The molecule has 0 saturated heterocycles. The van der Waals surface area contributed by atoms with Crippen LogP contribution >= 0.6 is 23.2 Å². The number of carbonyl (C=O) groups excluding carboxylic acids is 2. The van der Waals surface area contributed by atoms with E-state index in [4.69, 9.17) is 32.7 Å². The summed E-state index contributed by atoms with van der Waals surface area (Å²) in [7, 11) is 1.60. The first-order valence-corrected chi connectivity index (χ1v) is 11.8. The monoisotopic (exact) mass is 494 g/mol. The Hall–Kier alpha value is -2.44. The van der Waals surface area contributed by atoms with Gasteiger partial charge >= 0.3 is 0 Å². The number of halogens is 2. The molecule has 2 atom stereocenters. The highest BCUT2D eigenvalue weighted by Gasteiger charge is 2.27. The molecule has 180 valence electrons. The van der Waals surface area contributed by atoms with Gasteiger partial charge in [0.2, 0.25) is 11.8 Å². The van der Waals surface area contributed by atoms with Crippen LogP contribution in [0.25, 0.3) is 0 Å². The molecule has 0 aliphatic heterocycles. The Morgan fingerprint density at radius 1 is 1.03 bits per heavy atom. The molecule has 0 bridgehead atoms. The van der Waals surface area contributed by atoms with Gasteiger partial charge in [0.15, 0.2) is 0 Å². The Kier molecular flexibility index (Phi) is 10.8. The quantitative estimate of drug-likeness (QED) is 0.396. The average molecular weight is 495 g/mol. The van der Waals surface area contributed by atoms with Crippen molar-refractivity contribution in [3.8, 4) is 11.5 Å². The van der Waals surface area contributed by atoms with Gasteiger partial charge in [0.05, 0.1) is 13.7 Å². The minimum Gasteiger partial charge on any atom is -0.497 e. The minimum atomic E-state index is -0.679. The zero-order chi connectivity index (χ0) is 24.4. The SMILES string of the molecule is CC[C@H](C)NC(=O)[C@@H](C)N(Cc1c(Cl)cccc1Cl)C(=O)CCCOc1ccc(OC)cc1. The molecule has 2 rings (SSSR count). The van der Waals surface area contributed by atoms with Crippen LogP contribution in [-0.4, -0.2) is 42.5 Å². The second-order valence-corrected chi connectivity index (χ2v) is 8.66. The van der Waals surface area contributed by atoms with Gasteiger partial charge < -0.3 is 19.7 Å². The molecule has 6 nitrogen and oxygen atoms in total. The van der Waals surface area contributed by atoms with Gasteiger partial charge in [0.1, 0.15) is 17.5 Å². The van der Waals surface area contributed by atoms with Crippen molar-refractivity contribution in [2.45, 2.75) is 58.7 Å². The van der Waals surface area contributed by atoms with Crippen LogP contribution in [0.15, 0.2) is 42.5 Å². The van der Waals surface area contributed by atoms with Gasteiger partial charge in [-0.05, 0) is 63.1 Å². The molecule has 0 radical (unpaired) electrons. The topological polar surface area (TPSA) is 67.9 Å². The van der Waals surface area contributed by atoms with Crippen molar-refractivity contribution in [1.29, 1.82) is 0 Å². The largest absolute Gasteiger partial charge is 0.497 e. The number of rotatable bonds is 12. The summed E-state index contributed by atoms with van der Waals surface area (Å²) < 4.78 is 10.9. The molecule has 8 heteroatoms. The fraction of sp³-hybridized carbons (Fsp3) is 0.440. The molecule has 0 unspecified atom stereocenters. The third-order valence-electron chi connectivity index (χ3n) is 5.42. The highest BCUT2D eigenvalue weighted by Crippen LogP contribution is 2.27. The van der Waals surface area contributed by atoms with Crippen molar-refractivity contribution in [2.75, 3.05) is 13.7 Å². The first kappa shape index (κ1) is 26.8. The fourth-order valence-corrected chi connectivity index (χ4v) is 3.65. The van der Waals surface area contributed by atoms with E-state index >= 15 is 0 Å². The zero-order valence-corrected chi connectivity index (χ0v) is 21.1. The van der Waals surface area contributed by atoms with E-state index in [1.54, 1.807) is 32.2 Å². The number of methoxy groups -OCH3 is 1. The van der Waals surface area contributed by atoms with Crippen LogP contribution in [0, 0.1) is 0 Å². The van der Waals surface area contributed by atoms with Crippen molar-refractivity contribution in [3.05, 3.63) is 58.1 Å². The van der Waals surface area contributed by atoms with Crippen LogP contribution in [0.2, 0.25) is 10.0 Å². The van der Waals surface area contributed by atoms with E-state index < -0.39 is 6.04 Å². The van der Waals surface area contributed by atoms with Crippen LogP contribution in [0.1, 0.15) is 45.6 Å². The lowest BCUT2D eigenvalue weighted by molar-refractivity contribution is -0.141. The first-order valence-electron chi connectivity index (χ1n) is 11.1. The summed E-state index contributed by atoms with van der Waals surface area (Å²) in [5.41, 5.74) is 0.617. The molecule has 2 aromatic rings. The van der Waals surface area contributed by atoms with Crippen molar-refractivity contribution in [1.82, 2.24) is 10.2 Å². The molecule has 0 spiro atoms. The predicted molar refractivity (Wildman–Crippen MR) is 132 cm³/mol. The average Bonchev–Trinajstić information content (AvgIpc) is 2.81. The zero-order valence-electron chi connectivity index (χ0n) is 19.6. The maximum atomic E-state index is 13.2. The molecule has 0 aliphatic carbocycles. The number of ether oxygens (including phenoxy) is 2. The molecule has 0 saturated carbocycles. The second-order valence-electron chi connectivity index (χ2n) is 7.84. The minimum absolute atomic E-state index is 0.0127. The third kappa shape index (κ3) is 8.13. The van der Waals surface area contributed by atoms with Gasteiger partial charge in [-0.2, -0.15) is 0 Å². The van der Waals surface area contributed by atoms with Gasteiger partial charge in [0.25, 0.3) is 0 Å². The lowest BCUT2D eigenvalue weighted by atomic mass is 10.1. The summed E-state index contributed by atoms with van der Waals surface area (Å²) in [6.07, 6.45) is 1.52. The normalized spacial score (nSPS) is 12.5. The van der Waals surface area contributed by atoms with Gasteiger partial charge in [-0.25, -0.2) is 0 Å². The predicted octanol–water partition coefficient (Wildman–Crippen LogP) is 5.49. The molecule has 2 amide bonds. The van der Waals surface area contributed by atoms with Crippen LogP contribution in [0.5, 0.6) is 11.5 Å². The van der Waals surface area contributed by atoms with E-state index in [1.807, 2.05) is 38.1 Å². The summed E-state index contributed by atoms with van der Waals surface area (Å²) >= 11 is 12.7. The molecular formula is C25H32Cl2N2O4. The Morgan fingerprint density at radius 3 is 2.21 bits per heavy atom. The second kappa shape index (κ2) is 13.3. The van der Waals surface area contributed by atoms with E-state index in [-0.39, 0.29) is 30.8 Å². The summed E-state index contributed by atoms with van der Waals surface area (Å²) in [6.45, 7) is 6.15. The van der Waals surface area contributed by atoms with Gasteiger partial charge in [-0.1, -0.05) is 36.2 Å². The van der Waals surface area contributed by atoms with Crippen LogP contribution < -0.4 is 14.8 Å². The molecular weight excluding hydrogens is 463 g/mol. The van der Waals surface area contributed by atoms with E-state index in [0.717, 1.165) is 12.2 Å². The Bertz CT molecular complexity index is 901. The molecule has 0 aliphatic rings. The summed E-state index contributed by atoms with van der Waals surface area (Å²) in [4.78, 5) is 27.5. The smallest absolute Gasteiger partial charge is 0.242 e. The lowest BCUT2D eigenvalue weighted by Crippen LogP contribution is -2.49. The molecule has 0 heterocycles. The number of nitrogens with zero attached hydrogens (tertiary/aromatic N) is 1. The number of amides is 2. The Morgan fingerprint density at radius 2 is 1.64 bits per heavy atom. The molecule has 0 fully saturated rings. The number of hydrogen-bond donors (Lipinski definition) is 1. The van der Waals surface area contributed by atoms with Gasteiger partial charge in [0, 0.05) is 34.6 Å². The van der Waals surface area contributed by atoms with Crippen molar-refractivity contribution in [2.24, 2.45) is 0 Å². The van der Waals surface area contributed by atoms with Crippen molar-refractivity contribution < 1.29 is 19.1 Å². The van der Waals surface area contributed by atoms with E-state index in [9.17, 15) is 9.59 Å². The summed E-state index contributed by atoms with van der Waals surface area (Å²) in [5.74, 6) is 1.06. The lowest BCUT2D eigenvalue weighted by Gasteiger charge is -2.30. The Balaban J connectivity index is 2.05. The first-order chi connectivity index (χ1) is 15.8. The fourth-order valence-electron chi connectivity index (χ4n) is 3.13. The van der Waals surface area contributed by atoms with E-state index in [1.165, 1.54) is 4.90 Å².